The van der Waals surface area contributed by atoms with Crippen LogP contribution in [0.4, 0.5) is 0 Å². The summed E-state index contributed by atoms with van der Waals surface area (Å²) in [5.41, 5.74) is 1.58. The maximum absolute atomic E-state index is 3.67. The zero-order chi connectivity index (χ0) is 14.4. The average molecular weight is 266 g/mol. The first-order chi connectivity index (χ1) is 8.90. The minimum Gasteiger partial charge on any atom is -0.315 e. The zero-order valence-corrected chi connectivity index (χ0v) is 13.9. The number of rotatable bonds is 7. The second-order valence-corrected chi connectivity index (χ2v) is 6.93. The van der Waals surface area contributed by atoms with Crippen LogP contribution in [0.1, 0.15) is 54.4 Å². The summed E-state index contributed by atoms with van der Waals surface area (Å²) in [6, 6.07) is 1.28. The first-order valence-electron chi connectivity index (χ1n) is 8.04. The highest BCUT2D eigenvalue weighted by atomic mass is 15.2. The van der Waals surface area contributed by atoms with E-state index in [2.05, 4.69) is 57.8 Å². The highest BCUT2D eigenvalue weighted by Crippen LogP contribution is 2.27. The van der Waals surface area contributed by atoms with E-state index in [0.717, 1.165) is 24.9 Å². The normalized spacial score (nSPS) is 24.4. The van der Waals surface area contributed by atoms with Crippen molar-refractivity contribution in [3.05, 3.63) is 11.6 Å². The summed E-state index contributed by atoms with van der Waals surface area (Å²) in [6.07, 6.45) is 5.08. The van der Waals surface area contributed by atoms with Crippen LogP contribution in [0.2, 0.25) is 0 Å². The zero-order valence-electron chi connectivity index (χ0n) is 13.9. The van der Waals surface area contributed by atoms with Gasteiger partial charge in [-0.2, -0.15) is 0 Å². The van der Waals surface area contributed by atoms with Crippen molar-refractivity contribution in [1.82, 2.24) is 10.2 Å². The molecule has 0 aliphatic heterocycles. The van der Waals surface area contributed by atoms with Crippen LogP contribution < -0.4 is 5.32 Å². The predicted octanol–water partition coefficient (Wildman–Crippen LogP) is 3.69. The van der Waals surface area contributed by atoms with Gasteiger partial charge < -0.3 is 5.32 Å². The number of nitrogens with zero attached hydrogens (tertiary/aromatic N) is 1. The molecule has 0 aromatic heterocycles. The van der Waals surface area contributed by atoms with E-state index in [1.165, 1.54) is 19.4 Å². The Morgan fingerprint density at radius 2 is 1.89 bits per heavy atom. The molecule has 2 unspecified atom stereocenters. The maximum atomic E-state index is 3.67. The van der Waals surface area contributed by atoms with Gasteiger partial charge in [-0.3, -0.25) is 4.90 Å². The summed E-state index contributed by atoms with van der Waals surface area (Å²) in [6.45, 7) is 17.2. The quantitative estimate of drug-likeness (QED) is 0.558. The molecular formula is C17H34N2. The molecule has 0 amide bonds. The lowest BCUT2D eigenvalue weighted by molar-refractivity contribution is 0.174. The molecule has 0 bridgehead atoms. The van der Waals surface area contributed by atoms with Gasteiger partial charge in [0.15, 0.2) is 0 Å². The van der Waals surface area contributed by atoms with Crippen molar-refractivity contribution in [3.63, 3.8) is 0 Å². The van der Waals surface area contributed by atoms with E-state index in [0.29, 0.717) is 12.1 Å². The monoisotopic (exact) mass is 266 g/mol. The van der Waals surface area contributed by atoms with E-state index in [1.807, 2.05) is 0 Å². The molecule has 2 atom stereocenters. The smallest absolute Gasteiger partial charge is 0.0112 e. The van der Waals surface area contributed by atoms with Gasteiger partial charge in [0, 0.05) is 25.2 Å². The molecular weight excluding hydrogens is 232 g/mol. The molecule has 2 heteroatoms. The molecule has 0 heterocycles. The van der Waals surface area contributed by atoms with E-state index < -0.39 is 0 Å². The Labute approximate surface area is 120 Å². The fourth-order valence-corrected chi connectivity index (χ4v) is 3.47. The highest BCUT2D eigenvalue weighted by Gasteiger charge is 2.18. The molecule has 1 rings (SSSR count). The van der Waals surface area contributed by atoms with Crippen molar-refractivity contribution >= 4 is 0 Å². The Bertz CT molecular complexity index is 273. The van der Waals surface area contributed by atoms with Gasteiger partial charge in [-0.25, -0.2) is 0 Å². The third kappa shape index (κ3) is 6.09. The van der Waals surface area contributed by atoms with E-state index >= 15 is 0 Å². The number of hydrogen-bond acceptors (Lipinski definition) is 2. The van der Waals surface area contributed by atoms with Crippen LogP contribution in [-0.4, -0.2) is 36.6 Å². The molecule has 1 N–H and O–H groups in total. The molecule has 0 radical (unpaired) electrons. The van der Waals surface area contributed by atoms with Crippen LogP contribution in [0.3, 0.4) is 0 Å². The molecule has 2 nitrogen and oxygen atoms in total. The van der Waals surface area contributed by atoms with Gasteiger partial charge in [-0.1, -0.05) is 18.6 Å². The van der Waals surface area contributed by atoms with Crippen LogP contribution in [0.25, 0.3) is 0 Å². The molecule has 0 fully saturated rings. The van der Waals surface area contributed by atoms with Gasteiger partial charge >= 0.3 is 0 Å². The molecule has 1 aliphatic rings. The lowest BCUT2D eigenvalue weighted by Crippen LogP contribution is -2.42. The molecule has 0 aromatic rings. The Morgan fingerprint density at radius 3 is 2.42 bits per heavy atom. The summed E-state index contributed by atoms with van der Waals surface area (Å²) in [5.74, 6) is 1.61. The van der Waals surface area contributed by atoms with Gasteiger partial charge in [0.2, 0.25) is 0 Å². The van der Waals surface area contributed by atoms with Crippen molar-refractivity contribution in [2.75, 3.05) is 19.6 Å². The number of nitrogens with one attached hydrogen (secondary N) is 1. The predicted molar refractivity (Wildman–Crippen MR) is 85.5 cm³/mol. The van der Waals surface area contributed by atoms with Crippen LogP contribution in [-0.2, 0) is 0 Å². The molecule has 1 aliphatic carbocycles. The average Bonchev–Trinajstić information content (AvgIpc) is 2.26. The van der Waals surface area contributed by atoms with Crippen molar-refractivity contribution in [2.45, 2.75) is 66.5 Å². The van der Waals surface area contributed by atoms with Crippen LogP contribution in [0.5, 0.6) is 0 Å². The third-order valence-electron chi connectivity index (χ3n) is 4.19. The van der Waals surface area contributed by atoms with E-state index in [9.17, 15) is 0 Å². The van der Waals surface area contributed by atoms with E-state index in [-0.39, 0.29) is 0 Å². The lowest BCUT2D eigenvalue weighted by atomic mass is 9.84. The van der Waals surface area contributed by atoms with Crippen LogP contribution in [0.15, 0.2) is 11.6 Å². The second-order valence-electron chi connectivity index (χ2n) is 6.93. The van der Waals surface area contributed by atoms with E-state index in [4.69, 9.17) is 0 Å². The molecule has 19 heavy (non-hydrogen) atoms. The molecule has 0 saturated heterocycles. The Hall–Kier alpha value is -0.340. The first-order valence-corrected chi connectivity index (χ1v) is 8.04. The Balaban J connectivity index is 2.22. The standard InChI is InChI=1S/C17H34N2/c1-13(2)19(14(3)4)8-7-18-12-17-10-15(5)9-16(6)11-17/h9,13-15,17-18H,7-8,10-12H2,1-6H3. The molecule has 0 saturated carbocycles. The van der Waals surface area contributed by atoms with Crippen LogP contribution >= 0.6 is 0 Å². The van der Waals surface area contributed by atoms with Gasteiger partial charge in [0.05, 0.1) is 0 Å². The summed E-state index contributed by atoms with van der Waals surface area (Å²) >= 11 is 0. The van der Waals surface area contributed by atoms with Gasteiger partial charge in [-0.05, 0) is 65.8 Å². The van der Waals surface area contributed by atoms with Gasteiger partial charge in [-0.15, -0.1) is 0 Å². The summed E-state index contributed by atoms with van der Waals surface area (Å²) < 4.78 is 0. The van der Waals surface area contributed by atoms with Crippen molar-refractivity contribution in [3.8, 4) is 0 Å². The molecule has 112 valence electrons. The first kappa shape index (κ1) is 16.7. The number of hydrogen-bond donors (Lipinski definition) is 1. The lowest BCUT2D eigenvalue weighted by Gasteiger charge is -2.31. The minimum absolute atomic E-state index is 0.640. The van der Waals surface area contributed by atoms with E-state index in [1.54, 1.807) is 5.57 Å². The maximum Gasteiger partial charge on any atom is 0.0112 e. The highest BCUT2D eigenvalue weighted by molar-refractivity contribution is 5.06. The topological polar surface area (TPSA) is 15.3 Å². The summed E-state index contributed by atoms with van der Waals surface area (Å²) in [4.78, 5) is 2.56. The largest absolute Gasteiger partial charge is 0.315 e. The third-order valence-corrected chi connectivity index (χ3v) is 4.19. The SMILES string of the molecule is CC1=CC(C)CC(CNCCN(C(C)C)C(C)C)C1. The van der Waals surface area contributed by atoms with Gasteiger partial charge in [0.1, 0.15) is 0 Å². The fraction of sp³-hybridized carbons (Fsp3) is 0.882. The second kappa shape index (κ2) is 8.06. The molecule has 0 aromatic carbocycles. The number of allylic oxidation sites excluding steroid dienone is 2. The van der Waals surface area contributed by atoms with Crippen molar-refractivity contribution in [2.24, 2.45) is 11.8 Å². The Kier molecular flexibility index (Phi) is 7.09. The molecule has 0 spiro atoms. The van der Waals surface area contributed by atoms with Gasteiger partial charge in [0.25, 0.3) is 0 Å². The van der Waals surface area contributed by atoms with Crippen molar-refractivity contribution in [1.29, 1.82) is 0 Å². The van der Waals surface area contributed by atoms with Crippen LogP contribution in [0, 0.1) is 11.8 Å². The minimum atomic E-state index is 0.640. The summed E-state index contributed by atoms with van der Waals surface area (Å²) in [5, 5.41) is 3.67. The fourth-order valence-electron chi connectivity index (χ4n) is 3.47. The van der Waals surface area contributed by atoms with Crippen molar-refractivity contribution < 1.29 is 0 Å². The Morgan fingerprint density at radius 1 is 1.26 bits per heavy atom. The summed E-state index contributed by atoms with van der Waals surface area (Å²) in [7, 11) is 0.